The van der Waals surface area contributed by atoms with Gasteiger partial charge in [0.25, 0.3) is 11.8 Å². The standard InChI is InChI=1S/C35H48FN7O3/c1-23(2)43(24(3)4)31(44)27-17-26(36)5-6-28(27)46-30-29(37-22-38-40-30)42-20-33(21-42)13-15-41(16-14-33)18-25-7-9-35(10-8-25)19-34(11-12-34)32(45)39-35/h5-6,17,22-25H,7-16,18-21H2,1-4H3,(H,39,45)/t25-,35-. The van der Waals surface area contributed by atoms with E-state index >= 15 is 0 Å². The Balaban J connectivity index is 0.943. The van der Waals surface area contributed by atoms with Crippen molar-refractivity contribution < 1.29 is 18.7 Å². The number of ether oxygens (including phenoxy) is 1. The Morgan fingerprint density at radius 3 is 2.39 bits per heavy atom. The van der Waals surface area contributed by atoms with Crippen LogP contribution in [0.5, 0.6) is 11.6 Å². The Labute approximate surface area is 271 Å². The van der Waals surface area contributed by atoms with Crippen molar-refractivity contribution in [2.24, 2.45) is 16.7 Å². The number of carbonyl (C=O) groups excluding carboxylic acids is 2. The number of aromatic nitrogens is 3. The van der Waals surface area contributed by atoms with Crippen LogP contribution in [0.1, 0.15) is 95.8 Å². The van der Waals surface area contributed by atoms with E-state index < -0.39 is 5.82 Å². The van der Waals surface area contributed by atoms with Crippen LogP contribution in [0, 0.1) is 22.6 Å². The van der Waals surface area contributed by atoms with E-state index in [9.17, 15) is 14.0 Å². The molecule has 11 heteroatoms. The number of likely N-dealkylation sites (tertiary alicyclic amines) is 1. The first-order chi connectivity index (χ1) is 22.0. The lowest BCUT2D eigenvalue weighted by Gasteiger charge is -2.54. The van der Waals surface area contributed by atoms with Crippen LogP contribution >= 0.6 is 0 Å². The maximum absolute atomic E-state index is 14.4. The van der Waals surface area contributed by atoms with Crippen molar-refractivity contribution in [1.29, 1.82) is 0 Å². The fourth-order valence-corrected chi connectivity index (χ4v) is 8.83. The Bertz CT molecular complexity index is 1460. The Morgan fingerprint density at radius 1 is 1.07 bits per heavy atom. The third-order valence-corrected chi connectivity index (χ3v) is 11.5. The first-order valence-corrected chi connectivity index (χ1v) is 17.3. The van der Waals surface area contributed by atoms with Crippen LogP contribution in [-0.2, 0) is 4.79 Å². The summed E-state index contributed by atoms with van der Waals surface area (Å²) in [5, 5.41) is 11.6. The summed E-state index contributed by atoms with van der Waals surface area (Å²) in [5.74, 6) is 1.30. The predicted molar refractivity (Wildman–Crippen MR) is 172 cm³/mol. The van der Waals surface area contributed by atoms with Gasteiger partial charge in [-0.1, -0.05) is 0 Å². The summed E-state index contributed by atoms with van der Waals surface area (Å²) in [6.45, 7) is 12.9. The van der Waals surface area contributed by atoms with Crippen molar-refractivity contribution in [1.82, 2.24) is 30.3 Å². The molecule has 4 heterocycles. The molecular formula is C35H48FN7O3. The van der Waals surface area contributed by atoms with E-state index in [4.69, 9.17) is 4.74 Å². The van der Waals surface area contributed by atoms with Crippen molar-refractivity contribution in [2.45, 2.75) is 103 Å². The van der Waals surface area contributed by atoms with E-state index in [2.05, 4.69) is 30.3 Å². The smallest absolute Gasteiger partial charge is 0.282 e. The number of anilines is 1. The number of halogens is 1. The molecule has 5 aliphatic rings. The lowest BCUT2D eigenvalue weighted by molar-refractivity contribution is -0.124. The topological polar surface area (TPSA) is 104 Å². The van der Waals surface area contributed by atoms with E-state index in [0.29, 0.717) is 17.6 Å². The number of nitrogens with zero attached hydrogens (tertiary/aromatic N) is 6. The lowest BCUT2D eigenvalue weighted by Crippen LogP contribution is -2.61. The monoisotopic (exact) mass is 633 g/mol. The molecule has 3 saturated heterocycles. The summed E-state index contributed by atoms with van der Waals surface area (Å²) in [7, 11) is 0. The number of amides is 2. The minimum atomic E-state index is -0.502. The second kappa shape index (κ2) is 11.7. The summed E-state index contributed by atoms with van der Waals surface area (Å²) in [5.41, 5.74) is 0.485. The van der Waals surface area contributed by atoms with Crippen molar-refractivity contribution in [3.05, 3.63) is 35.9 Å². The van der Waals surface area contributed by atoms with E-state index in [1.165, 1.54) is 37.4 Å². The molecule has 0 atom stereocenters. The average Bonchev–Trinajstić information content (AvgIpc) is 3.73. The number of hydrogen-bond acceptors (Lipinski definition) is 8. The van der Waals surface area contributed by atoms with Crippen LogP contribution in [0.15, 0.2) is 24.5 Å². The van der Waals surface area contributed by atoms with Gasteiger partial charge in [0.15, 0.2) is 5.82 Å². The number of hydrogen-bond donors (Lipinski definition) is 1. The fraction of sp³-hybridized carbons (Fsp3) is 0.686. The third-order valence-electron chi connectivity index (χ3n) is 11.5. The van der Waals surface area contributed by atoms with Crippen LogP contribution in [0.25, 0.3) is 0 Å². The lowest BCUT2D eigenvalue weighted by atomic mass is 9.71. The molecule has 0 unspecified atom stereocenters. The summed E-state index contributed by atoms with van der Waals surface area (Å²) >= 11 is 0. The summed E-state index contributed by atoms with van der Waals surface area (Å²) < 4.78 is 20.5. The summed E-state index contributed by atoms with van der Waals surface area (Å²) in [6.07, 6.45) is 11.6. The van der Waals surface area contributed by atoms with Gasteiger partial charge in [-0.15, -0.1) is 10.2 Å². The second-order valence-electron chi connectivity index (χ2n) is 15.5. The largest absolute Gasteiger partial charge is 0.434 e. The third kappa shape index (κ3) is 5.84. The first kappa shape index (κ1) is 31.3. The molecule has 1 aromatic carbocycles. The van der Waals surface area contributed by atoms with E-state index in [1.807, 2.05) is 27.7 Å². The zero-order chi connectivity index (χ0) is 32.3. The first-order valence-electron chi connectivity index (χ1n) is 17.3. The normalized spacial score (nSPS) is 26.5. The summed E-state index contributed by atoms with van der Waals surface area (Å²) in [6, 6.07) is 3.87. The molecule has 3 spiro atoms. The fourth-order valence-electron chi connectivity index (χ4n) is 8.83. The number of benzene rings is 1. The number of piperidine rings is 1. The van der Waals surface area contributed by atoms with E-state index in [1.54, 1.807) is 4.90 Å². The van der Waals surface area contributed by atoms with Gasteiger partial charge in [0.1, 0.15) is 17.9 Å². The van der Waals surface area contributed by atoms with Crippen molar-refractivity contribution in [3.8, 4) is 11.6 Å². The highest BCUT2D eigenvalue weighted by Gasteiger charge is 2.61. The Kier molecular flexibility index (Phi) is 7.97. The molecule has 1 aromatic heterocycles. The van der Waals surface area contributed by atoms with Crippen molar-refractivity contribution in [2.75, 3.05) is 37.6 Å². The zero-order valence-electron chi connectivity index (χ0n) is 27.7. The highest BCUT2D eigenvalue weighted by Crippen LogP contribution is 2.58. The minimum Gasteiger partial charge on any atom is -0.434 e. The number of nitrogens with one attached hydrogen (secondary N) is 1. The van der Waals surface area contributed by atoms with Gasteiger partial charge in [-0.3, -0.25) is 9.59 Å². The predicted octanol–water partition coefficient (Wildman–Crippen LogP) is 5.19. The number of carbonyl (C=O) groups is 2. The second-order valence-corrected chi connectivity index (χ2v) is 15.5. The van der Waals surface area contributed by atoms with Gasteiger partial charge in [-0.05, 0) is 123 Å². The Morgan fingerprint density at radius 2 is 1.76 bits per heavy atom. The van der Waals surface area contributed by atoms with Gasteiger partial charge in [0.2, 0.25) is 5.91 Å². The van der Waals surface area contributed by atoms with E-state index in [0.717, 1.165) is 77.7 Å². The molecule has 10 nitrogen and oxygen atoms in total. The van der Waals surface area contributed by atoms with Gasteiger partial charge in [-0.25, -0.2) is 9.37 Å². The number of rotatable bonds is 8. The van der Waals surface area contributed by atoms with Gasteiger partial charge < -0.3 is 24.8 Å². The van der Waals surface area contributed by atoms with Crippen LogP contribution in [0.3, 0.4) is 0 Å². The van der Waals surface area contributed by atoms with Crippen LogP contribution in [0.4, 0.5) is 10.2 Å². The van der Waals surface area contributed by atoms with Gasteiger partial charge in [0.05, 0.1) is 11.0 Å². The SMILES string of the molecule is CC(C)N(C(=O)c1cc(F)ccc1Oc1nncnc1N1CC2(CCN(C[C@H]3CC[C@]4(CC3)CC3(CC3)C(=O)N4)CC2)C1)C(C)C. The maximum atomic E-state index is 14.4. The van der Waals surface area contributed by atoms with Gasteiger partial charge >= 0.3 is 0 Å². The van der Waals surface area contributed by atoms with Crippen molar-refractivity contribution >= 4 is 17.6 Å². The molecule has 1 N–H and O–H groups in total. The van der Waals surface area contributed by atoms with Crippen LogP contribution in [-0.4, -0.2) is 87.1 Å². The molecular weight excluding hydrogens is 585 g/mol. The molecule has 3 aliphatic heterocycles. The quantitative estimate of drug-likeness (QED) is 0.424. The zero-order valence-corrected chi connectivity index (χ0v) is 27.7. The highest BCUT2D eigenvalue weighted by atomic mass is 19.1. The van der Waals surface area contributed by atoms with Gasteiger partial charge in [-0.2, -0.15) is 0 Å². The minimum absolute atomic E-state index is 0.00520. The molecule has 5 fully saturated rings. The molecule has 248 valence electrons. The maximum Gasteiger partial charge on any atom is 0.282 e. The molecule has 46 heavy (non-hydrogen) atoms. The molecule has 7 rings (SSSR count). The molecule has 0 bridgehead atoms. The van der Waals surface area contributed by atoms with Crippen molar-refractivity contribution in [3.63, 3.8) is 0 Å². The average molecular weight is 634 g/mol. The molecule has 0 radical (unpaired) electrons. The molecule has 2 saturated carbocycles. The van der Waals surface area contributed by atoms with Crippen LogP contribution in [0.2, 0.25) is 0 Å². The molecule has 2 aromatic rings. The molecule has 2 aliphatic carbocycles. The van der Waals surface area contributed by atoms with Crippen LogP contribution < -0.4 is 15.0 Å². The van der Waals surface area contributed by atoms with Gasteiger partial charge in [0, 0.05) is 42.7 Å². The van der Waals surface area contributed by atoms with E-state index in [-0.39, 0.29) is 51.6 Å². The molecule has 2 amide bonds. The summed E-state index contributed by atoms with van der Waals surface area (Å²) in [4.78, 5) is 37.1. The highest BCUT2D eigenvalue weighted by molar-refractivity contribution is 5.97. The Hall–Kier alpha value is -3.34.